The van der Waals surface area contributed by atoms with Crippen LogP contribution in [-0.4, -0.2) is 68.8 Å². The van der Waals surface area contributed by atoms with E-state index in [4.69, 9.17) is 23.7 Å². The predicted molar refractivity (Wildman–Crippen MR) is 217 cm³/mol. The summed E-state index contributed by atoms with van der Waals surface area (Å²) in [5.41, 5.74) is -0.657. The zero-order valence-corrected chi connectivity index (χ0v) is 35.8. The Morgan fingerprint density at radius 3 is 1.45 bits per heavy atom. The Labute approximate surface area is 326 Å². The van der Waals surface area contributed by atoms with Gasteiger partial charge in [0.15, 0.2) is 6.10 Å². The molecule has 0 aromatic carbocycles. The van der Waals surface area contributed by atoms with Crippen LogP contribution in [0.4, 0.5) is 4.79 Å². The Morgan fingerprint density at radius 2 is 1.00 bits per heavy atom. The fourth-order valence-corrected chi connectivity index (χ4v) is 6.21. The van der Waals surface area contributed by atoms with Crippen molar-refractivity contribution < 1.29 is 38.1 Å². The quantitative estimate of drug-likeness (QED) is 0.0377. The second-order valence-corrected chi connectivity index (χ2v) is 16.0. The van der Waals surface area contributed by atoms with E-state index in [1.165, 1.54) is 103 Å². The Balaban J connectivity index is 4.60. The zero-order chi connectivity index (χ0) is 39.5. The van der Waals surface area contributed by atoms with Crippen LogP contribution in [0.1, 0.15) is 215 Å². The van der Waals surface area contributed by atoms with Gasteiger partial charge in [-0.3, -0.25) is 9.59 Å². The fourth-order valence-electron chi connectivity index (χ4n) is 6.21. The van der Waals surface area contributed by atoms with Crippen molar-refractivity contribution in [1.29, 1.82) is 0 Å². The third-order valence-corrected chi connectivity index (χ3v) is 10.5. The monoisotopic (exact) mass is 756 g/mol. The predicted octanol–water partition coefficient (Wildman–Crippen LogP) is 12.0. The van der Waals surface area contributed by atoms with E-state index >= 15 is 0 Å². The van der Waals surface area contributed by atoms with Gasteiger partial charge in [0, 0.05) is 26.5 Å². The molecule has 314 valence electrons. The number of carbonyl (C=O) groups is 3. The van der Waals surface area contributed by atoms with Gasteiger partial charge in [0.2, 0.25) is 0 Å². The van der Waals surface area contributed by atoms with Gasteiger partial charge < -0.3 is 29.0 Å². The SMILES string of the molecule is CCCCCCCCCCCCCC(=O)OCC(COC(=O)NCCC(C)(C)OCCC(C)(CC)OC)OC(=O)CCCCCCCCCCCCC. The first-order valence-electron chi connectivity index (χ1n) is 22.0. The minimum atomic E-state index is -0.851. The first-order valence-corrected chi connectivity index (χ1v) is 22.0. The van der Waals surface area contributed by atoms with Gasteiger partial charge in [-0.15, -0.1) is 0 Å². The lowest BCUT2D eigenvalue weighted by Gasteiger charge is -2.30. The highest BCUT2D eigenvalue weighted by atomic mass is 16.6. The summed E-state index contributed by atoms with van der Waals surface area (Å²) in [5, 5.41) is 2.77. The zero-order valence-electron chi connectivity index (χ0n) is 35.8. The standard InChI is InChI=1S/C44H85NO8/c1-8-11-13-15-17-19-21-23-25-27-29-31-40(46)50-37-39(53-41(47)32-30-28-26-24-22-20-18-16-14-12-9-2)38-51-42(48)45-35-33-43(4,5)52-36-34-44(6,10-3)49-7/h39H,8-38H2,1-7H3,(H,45,48). The highest BCUT2D eigenvalue weighted by Crippen LogP contribution is 2.22. The molecule has 1 N–H and O–H groups in total. The van der Waals surface area contributed by atoms with Gasteiger partial charge >= 0.3 is 18.0 Å². The molecule has 0 aliphatic carbocycles. The molecule has 0 saturated heterocycles. The molecular formula is C44H85NO8. The van der Waals surface area contributed by atoms with Crippen molar-refractivity contribution in [3.63, 3.8) is 0 Å². The van der Waals surface area contributed by atoms with E-state index in [2.05, 4.69) is 33.0 Å². The summed E-state index contributed by atoms with van der Waals surface area (Å²) in [7, 11) is 1.72. The lowest BCUT2D eigenvalue weighted by atomic mass is 9.99. The number of esters is 2. The second-order valence-electron chi connectivity index (χ2n) is 16.0. The smallest absolute Gasteiger partial charge is 0.407 e. The van der Waals surface area contributed by atoms with Gasteiger partial charge in [0.1, 0.15) is 13.2 Å². The van der Waals surface area contributed by atoms with Gasteiger partial charge in [-0.05, 0) is 52.9 Å². The van der Waals surface area contributed by atoms with Gasteiger partial charge in [-0.25, -0.2) is 4.79 Å². The van der Waals surface area contributed by atoms with E-state index in [0.717, 1.165) is 51.4 Å². The number of rotatable bonds is 38. The van der Waals surface area contributed by atoms with Crippen LogP contribution in [0, 0.1) is 0 Å². The second kappa shape index (κ2) is 34.6. The lowest BCUT2D eigenvalue weighted by Crippen LogP contribution is -2.37. The topological polar surface area (TPSA) is 109 Å². The molecule has 0 aromatic rings. The van der Waals surface area contributed by atoms with Crippen LogP contribution >= 0.6 is 0 Å². The summed E-state index contributed by atoms with van der Waals surface area (Å²) in [6, 6.07) is 0. The van der Waals surface area contributed by atoms with Crippen LogP contribution < -0.4 is 5.32 Å². The van der Waals surface area contributed by atoms with Crippen molar-refractivity contribution in [1.82, 2.24) is 5.32 Å². The molecule has 0 spiro atoms. The summed E-state index contributed by atoms with van der Waals surface area (Å²) in [6.07, 6.45) is 27.9. The fraction of sp³-hybridized carbons (Fsp3) is 0.932. The Bertz CT molecular complexity index is 875. The highest BCUT2D eigenvalue weighted by Gasteiger charge is 2.25. The molecule has 0 rings (SSSR count). The number of ether oxygens (including phenoxy) is 5. The summed E-state index contributed by atoms with van der Waals surface area (Å²) in [5.74, 6) is -0.674. The normalized spacial score (nSPS) is 13.3. The molecule has 0 aliphatic rings. The molecule has 1 amide bonds. The summed E-state index contributed by atoms with van der Waals surface area (Å²) < 4.78 is 28.2. The molecule has 0 heterocycles. The number of methoxy groups -OCH3 is 1. The Hall–Kier alpha value is -1.87. The van der Waals surface area contributed by atoms with Crippen LogP contribution in [0.25, 0.3) is 0 Å². The van der Waals surface area contributed by atoms with Crippen molar-refractivity contribution in [2.24, 2.45) is 0 Å². The van der Waals surface area contributed by atoms with E-state index in [1.807, 2.05) is 13.8 Å². The molecule has 2 unspecified atom stereocenters. The lowest BCUT2D eigenvalue weighted by molar-refractivity contribution is -0.161. The molecule has 9 nitrogen and oxygen atoms in total. The van der Waals surface area contributed by atoms with Gasteiger partial charge in [-0.1, -0.05) is 149 Å². The Morgan fingerprint density at radius 1 is 0.566 bits per heavy atom. The minimum absolute atomic E-state index is 0.132. The van der Waals surface area contributed by atoms with E-state index in [0.29, 0.717) is 32.4 Å². The van der Waals surface area contributed by atoms with Crippen molar-refractivity contribution in [2.45, 2.75) is 232 Å². The van der Waals surface area contributed by atoms with E-state index in [-0.39, 0.29) is 30.8 Å². The average Bonchev–Trinajstić information content (AvgIpc) is 3.13. The van der Waals surface area contributed by atoms with Gasteiger partial charge in [0.25, 0.3) is 0 Å². The first-order chi connectivity index (χ1) is 25.5. The molecule has 0 aromatic heterocycles. The maximum Gasteiger partial charge on any atom is 0.407 e. The summed E-state index contributed by atoms with van der Waals surface area (Å²) in [6.45, 7) is 13.2. The molecule has 53 heavy (non-hydrogen) atoms. The molecule has 2 atom stereocenters. The number of nitrogens with one attached hydrogen (secondary N) is 1. The number of unbranched alkanes of at least 4 members (excludes halogenated alkanes) is 20. The molecule has 0 aliphatic heterocycles. The molecule has 0 saturated carbocycles. The maximum absolute atomic E-state index is 12.7. The molecule has 0 bridgehead atoms. The van der Waals surface area contributed by atoms with E-state index in [1.54, 1.807) is 7.11 Å². The Kier molecular flexibility index (Phi) is 33.4. The van der Waals surface area contributed by atoms with Crippen molar-refractivity contribution in [3.05, 3.63) is 0 Å². The van der Waals surface area contributed by atoms with Crippen LogP contribution in [0.5, 0.6) is 0 Å². The summed E-state index contributed by atoms with van der Waals surface area (Å²) in [4.78, 5) is 37.8. The largest absolute Gasteiger partial charge is 0.462 e. The van der Waals surface area contributed by atoms with E-state index < -0.39 is 17.8 Å². The van der Waals surface area contributed by atoms with Crippen LogP contribution in [-0.2, 0) is 33.3 Å². The minimum Gasteiger partial charge on any atom is -0.462 e. The van der Waals surface area contributed by atoms with Crippen LogP contribution in [0.2, 0.25) is 0 Å². The maximum atomic E-state index is 12.7. The van der Waals surface area contributed by atoms with Crippen molar-refractivity contribution >= 4 is 18.0 Å². The van der Waals surface area contributed by atoms with E-state index in [9.17, 15) is 14.4 Å². The number of carbonyl (C=O) groups excluding carboxylic acids is 3. The van der Waals surface area contributed by atoms with Gasteiger partial charge in [-0.2, -0.15) is 0 Å². The number of hydrogen-bond donors (Lipinski definition) is 1. The third kappa shape index (κ3) is 33.2. The number of alkyl carbamates (subject to hydrolysis) is 1. The highest BCUT2D eigenvalue weighted by molar-refractivity contribution is 5.70. The number of hydrogen-bond acceptors (Lipinski definition) is 8. The molecular weight excluding hydrogens is 670 g/mol. The van der Waals surface area contributed by atoms with Crippen LogP contribution in [0.3, 0.4) is 0 Å². The van der Waals surface area contributed by atoms with Crippen LogP contribution in [0.15, 0.2) is 0 Å². The molecule has 0 fully saturated rings. The average molecular weight is 756 g/mol. The van der Waals surface area contributed by atoms with Gasteiger partial charge in [0.05, 0.1) is 17.8 Å². The number of amides is 1. The van der Waals surface area contributed by atoms with Crippen molar-refractivity contribution in [3.8, 4) is 0 Å². The molecule has 0 radical (unpaired) electrons. The van der Waals surface area contributed by atoms with Crippen molar-refractivity contribution in [2.75, 3.05) is 33.5 Å². The third-order valence-electron chi connectivity index (χ3n) is 10.5. The molecule has 9 heteroatoms. The first kappa shape index (κ1) is 51.1. The summed E-state index contributed by atoms with van der Waals surface area (Å²) >= 11 is 0.